The summed E-state index contributed by atoms with van der Waals surface area (Å²) in [5, 5.41) is 0. The Labute approximate surface area is 143 Å². The van der Waals surface area contributed by atoms with Gasteiger partial charge in [0, 0.05) is 40.3 Å². The first-order chi connectivity index (χ1) is 11.2. The average Bonchev–Trinajstić information content (AvgIpc) is 3.31. The smallest absolute Gasteiger partial charge is 0.283 e. The van der Waals surface area contributed by atoms with Crippen molar-refractivity contribution in [3.8, 4) is 0 Å². The fraction of sp³-hybridized carbons (Fsp3) is 0.412. The van der Waals surface area contributed by atoms with Crippen LogP contribution in [0.15, 0.2) is 45.8 Å². The molecular formula is C17H23N3O3S. The number of carbonyl (C=O) groups is 1. The number of sulfonamides is 1. The van der Waals surface area contributed by atoms with Crippen LogP contribution < -0.4 is 0 Å². The van der Waals surface area contributed by atoms with Crippen molar-refractivity contribution in [2.24, 2.45) is 10.3 Å². The van der Waals surface area contributed by atoms with Crippen molar-refractivity contribution in [1.29, 1.82) is 0 Å². The summed E-state index contributed by atoms with van der Waals surface area (Å²) < 4.78 is 27.7. The van der Waals surface area contributed by atoms with E-state index in [-0.39, 0.29) is 22.5 Å². The topological polar surface area (TPSA) is 70.0 Å². The Morgan fingerprint density at radius 1 is 1.12 bits per heavy atom. The molecule has 0 radical (unpaired) electrons. The van der Waals surface area contributed by atoms with Crippen LogP contribution in [0.4, 0.5) is 0 Å². The zero-order chi connectivity index (χ0) is 17.9. The molecule has 0 N–H and O–H groups in total. The van der Waals surface area contributed by atoms with Crippen LogP contribution in [0.2, 0.25) is 0 Å². The van der Waals surface area contributed by atoms with Crippen molar-refractivity contribution in [1.82, 2.24) is 9.80 Å². The highest BCUT2D eigenvalue weighted by Crippen LogP contribution is 2.48. The second-order valence-electron chi connectivity index (χ2n) is 6.36. The molecule has 130 valence electrons. The van der Waals surface area contributed by atoms with Crippen molar-refractivity contribution < 1.29 is 13.2 Å². The molecule has 6 nitrogen and oxygen atoms in total. The van der Waals surface area contributed by atoms with Crippen LogP contribution in [-0.4, -0.2) is 58.5 Å². The minimum absolute atomic E-state index is 0.00424. The molecule has 0 amide bonds. The number of hydrogen-bond acceptors (Lipinski definition) is 4. The predicted molar refractivity (Wildman–Crippen MR) is 94.5 cm³/mol. The minimum atomic E-state index is -3.68. The number of carbonyl (C=O) groups excluding carboxylic acids is 1. The summed E-state index contributed by atoms with van der Waals surface area (Å²) in [4.78, 5) is 15.6. The van der Waals surface area contributed by atoms with Gasteiger partial charge in [0.05, 0.1) is 4.90 Å². The molecule has 0 bridgehead atoms. The quantitative estimate of drug-likeness (QED) is 0.426. The van der Waals surface area contributed by atoms with Gasteiger partial charge in [-0.1, -0.05) is 12.1 Å². The number of allylic oxidation sites excluding steroid dienone is 1. The molecule has 1 fully saturated rings. The van der Waals surface area contributed by atoms with Gasteiger partial charge in [-0.3, -0.25) is 4.79 Å². The number of benzene rings is 1. The predicted octanol–water partition coefficient (Wildman–Crippen LogP) is 1.71. The molecule has 0 heterocycles. The Bertz CT molecular complexity index is 750. The van der Waals surface area contributed by atoms with Crippen molar-refractivity contribution in [3.63, 3.8) is 0 Å². The largest absolute Gasteiger partial charge is 0.383 e. The lowest BCUT2D eigenvalue weighted by molar-refractivity contribution is -0.115. The van der Waals surface area contributed by atoms with Crippen LogP contribution in [0.1, 0.15) is 17.9 Å². The van der Waals surface area contributed by atoms with Gasteiger partial charge in [0.15, 0.2) is 5.78 Å². The fourth-order valence-electron chi connectivity index (χ4n) is 2.33. The van der Waals surface area contributed by atoms with Crippen molar-refractivity contribution in [3.05, 3.63) is 42.1 Å². The summed E-state index contributed by atoms with van der Waals surface area (Å²) in [6, 6.07) is 6.64. The van der Waals surface area contributed by atoms with E-state index < -0.39 is 10.0 Å². The van der Waals surface area contributed by atoms with E-state index in [1.165, 1.54) is 6.34 Å². The molecule has 1 aromatic carbocycles. The molecular weight excluding hydrogens is 326 g/mol. The Hall–Kier alpha value is -2.15. The Morgan fingerprint density at radius 2 is 1.75 bits per heavy atom. The van der Waals surface area contributed by atoms with Gasteiger partial charge in [0.2, 0.25) is 0 Å². The third kappa shape index (κ3) is 4.67. The summed E-state index contributed by atoms with van der Waals surface area (Å²) in [5.74, 6) is 0.280. The molecule has 1 aliphatic carbocycles. The highest BCUT2D eigenvalue weighted by Gasteiger charge is 2.42. The van der Waals surface area contributed by atoms with E-state index in [0.29, 0.717) is 0 Å². The zero-order valence-corrected chi connectivity index (χ0v) is 15.2. The monoisotopic (exact) mass is 349 g/mol. The Morgan fingerprint density at radius 3 is 2.29 bits per heavy atom. The van der Waals surface area contributed by atoms with Gasteiger partial charge < -0.3 is 9.80 Å². The van der Waals surface area contributed by atoms with Crippen molar-refractivity contribution in [2.45, 2.75) is 17.2 Å². The summed E-state index contributed by atoms with van der Waals surface area (Å²) in [6.07, 6.45) is 5.41. The van der Waals surface area contributed by atoms with E-state index in [1.54, 1.807) is 55.5 Å². The highest BCUT2D eigenvalue weighted by atomic mass is 32.2. The second kappa shape index (κ2) is 7.17. The van der Waals surface area contributed by atoms with Crippen molar-refractivity contribution in [2.75, 3.05) is 28.2 Å². The van der Waals surface area contributed by atoms with Gasteiger partial charge in [-0.2, -0.15) is 8.42 Å². The van der Waals surface area contributed by atoms with Crippen LogP contribution in [0, 0.1) is 5.92 Å². The number of ketones is 1. The molecule has 0 saturated heterocycles. The lowest BCUT2D eigenvalue weighted by Crippen LogP contribution is -2.10. The standard InChI is InChI=1S/C17H23N3O3S/c1-19(2)10-9-17(21)16-11-15(16)13-5-7-14(8-6-13)24(22,23)18-12-20(3)4/h5-10,12,15-16H,11H2,1-4H3/b10-9?,18-12+/t15-,16?/m1/s1. The minimum Gasteiger partial charge on any atom is -0.383 e. The molecule has 0 aromatic heterocycles. The molecule has 2 rings (SSSR count). The summed E-state index contributed by atoms with van der Waals surface area (Å²) >= 11 is 0. The van der Waals surface area contributed by atoms with Crippen LogP contribution in [0.25, 0.3) is 0 Å². The maximum atomic E-state index is 12.1. The first-order valence-corrected chi connectivity index (χ1v) is 9.10. The normalized spacial score (nSPS) is 20.5. The molecule has 7 heteroatoms. The van der Waals surface area contributed by atoms with Gasteiger partial charge in [-0.25, -0.2) is 0 Å². The Balaban J connectivity index is 2.05. The van der Waals surface area contributed by atoms with Crippen molar-refractivity contribution >= 4 is 22.1 Å². The van der Waals surface area contributed by atoms with Gasteiger partial charge in [-0.05, 0) is 36.1 Å². The van der Waals surface area contributed by atoms with Crippen LogP contribution in [0.5, 0.6) is 0 Å². The lowest BCUT2D eigenvalue weighted by Gasteiger charge is -2.05. The summed E-state index contributed by atoms with van der Waals surface area (Å²) in [6.45, 7) is 0. The average molecular weight is 349 g/mol. The third-order valence-electron chi connectivity index (χ3n) is 3.72. The summed E-state index contributed by atoms with van der Waals surface area (Å²) in [7, 11) is 3.46. The van der Waals surface area contributed by atoms with E-state index in [0.717, 1.165) is 12.0 Å². The maximum Gasteiger partial charge on any atom is 0.283 e. The van der Waals surface area contributed by atoms with Crippen LogP contribution in [0.3, 0.4) is 0 Å². The number of hydrogen-bond donors (Lipinski definition) is 0. The lowest BCUT2D eigenvalue weighted by atomic mass is 10.1. The van der Waals surface area contributed by atoms with Gasteiger partial charge in [-0.15, -0.1) is 4.40 Å². The fourth-order valence-corrected chi connectivity index (χ4v) is 3.24. The number of nitrogens with zero attached hydrogens (tertiary/aromatic N) is 3. The molecule has 0 spiro atoms. The molecule has 0 aliphatic heterocycles. The third-order valence-corrected chi connectivity index (χ3v) is 4.96. The molecule has 1 aromatic rings. The van der Waals surface area contributed by atoms with E-state index in [1.807, 2.05) is 19.0 Å². The van der Waals surface area contributed by atoms with E-state index in [4.69, 9.17) is 0 Å². The Kier molecular flexibility index (Phi) is 5.43. The first kappa shape index (κ1) is 18.2. The SMILES string of the molecule is CN(C)C=CC(=O)C1C[C@@H]1c1ccc(S(=O)(=O)/N=C/N(C)C)cc1. The molecule has 1 unspecified atom stereocenters. The van der Waals surface area contributed by atoms with E-state index >= 15 is 0 Å². The van der Waals surface area contributed by atoms with E-state index in [2.05, 4.69) is 4.40 Å². The highest BCUT2D eigenvalue weighted by molar-refractivity contribution is 7.90. The van der Waals surface area contributed by atoms with Gasteiger partial charge >= 0.3 is 0 Å². The first-order valence-electron chi connectivity index (χ1n) is 7.66. The van der Waals surface area contributed by atoms with Gasteiger partial charge in [0.25, 0.3) is 10.0 Å². The molecule has 1 aliphatic rings. The second-order valence-corrected chi connectivity index (χ2v) is 7.99. The molecule has 24 heavy (non-hydrogen) atoms. The zero-order valence-electron chi connectivity index (χ0n) is 14.4. The molecule has 2 atom stereocenters. The maximum absolute atomic E-state index is 12.1. The van der Waals surface area contributed by atoms with Gasteiger partial charge in [0.1, 0.15) is 6.34 Å². The summed E-state index contributed by atoms with van der Waals surface area (Å²) in [5.41, 5.74) is 0.988. The van der Waals surface area contributed by atoms with E-state index in [9.17, 15) is 13.2 Å². The van der Waals surface area contributed by atoms with Crippen LogP contribution >= 0.6 is 0 Å². The number of rotatable bonds is 7. The van der Waals surface area contributed by atoms with Crippen LogP contribution in [-0.2, 0) is 14.8 Å². The molecule has 1 saturated carbocycles.